The van der Waals surface area contributed by atoms with Crippen LogP contribution >= 0.6 is 0 Å². The van der Waals surface area contributed by atoms with Crippen molar-refractivity contribution < 1.29 is 81.7 Å². The Morgan fingerprint density at radius 3 is 1.99 bits per heavy atom. The molecule has 6 rings (SSSR count). The van der Waals surface area contributed by atoms with Crippen LogP contribution in [-0.2, 0) is 71.8 Å². The number of rotatable bonds is 33. The van der Waals surface area contributed by atoms with Crippen molar-refractivity contribution in [2.24, 2.45) is 17.3 Å². The van der Waals surface area contributed by atoms with E-state index in [4.69, 9.17) is 43.0 Å². The van der Waals surface area contributed by atoms with E-state index in [9.17, 15) is 38.7 Å². The summed E-state index contributed by atoms with van der Waals surface area (Å²) < 4.78 is 45.7. The Morgan fingerprint density at radius 2 is 1.34 bits per heavy atom. The Balaban J connectivity index is 0.853. The maximum absolute atomic E-state index is 13.6. The van der Waals surface area contributed by atoms with Crippen molar-refractivity contribution in [2.75, 3.05) is 59.4 Å². The highest BCUT2D eigenvalue weighted by Crippen LogP contribution is 2.61. The molecule has 6 N–H and O–H groups in total. The van der Waals surface area contributed by atoms with Gasteiger partial charge >= 0.3 is 36.0 Å². The Kier molecular flexibility index (Phi) is 25.1. The van der Waals surface area contributed by atoms with Crippen LogP contribution in [0.3, 0.4) is 0 Å². The number of carboxylic acid groups (broad SMARTS) is 2. The highest BCUT2D eigenvalue weighted by atomic mass is 16.6. The third-order valence-corrected chi connectivity index (χ3v) is 15.3. The fourth-order valence-corrected chi connectivity index (χ4v) is 11.4. The molecule has 3 unspecified atom stereocenters. The zero-order chi connectivity index (χ0) is 59.1. The Morgan fingerprint density at radius 1 is 0.695 bits per heavy atom. The van der Waals surface area contributed by atoms with Gasteiger partial charge in [0.05, 0.1) is 39.6 Å². The van der Waals surface area contributed by atoms with Gasteiger partial charge in [-0.05, 0) is 149 Å². The first kappa shape index (κ1) is 64.2. The number of hydrogen-bond donors (Lipinski definition) is 6. The molecule has 4 amide bonds. The SMILES string of the molecule is CC(=O)O[C@@H]1CC[C@@H]2[C@H]3CCc4cc(OCCOCCOCCOCCOc5ccc(CC(NC(=O)OCc6ccccc6)C(=O)NCCCCC(NC(=O)NC(CCC(=O)O)C(=O)O)C(=O)OC(C)(C)C)cc5)ccc4[C@@H]3CC[C@]21C. The van der Waals surface area contributed by atoms with Crippen molar-refractivity contribution in [3.8, 4) is 11.5 Å². The first-order chi connectivity index (χ1) is 39.3. The number of aliphatic carboxylic acids is 2. The van der Waals surface area contributed by atoms with Crippen LogP contribution in [-0.4, -0.2) is 141 Å². The highest BCUT2D eigenvalue weighted by Gasteiger charge is 2.56. The summed E-state index contributed by atoms with van der Waals surface area (Å²) in [4.78, 5) is 86.8. The molecule has 0 aromatic heterocycles. The van der Waals surface area contributed by atoms with Gasteiger partial charge in [0.15, 0.2) is 0 Å². The predicted octanol–water partition coefficient (Wildman–Crippen LogP) is 7.43. The van der Waals surface area contributed by atoms with E-state index in [1.165, 1.54) is 18.1 Å². The van der Waals surface area contributed by atoms with Gasteiger partial charge in [-0.1, -0.05) is 55.5 Å². The van der Waals surface area contributed by atoms with Gasteiger partial charge in [0.25, 0.3) is 0 Å². The van der Waals surface area contributed by atoms with Gasteiger partial charge < -0.3 is 69.4 Å². The summed E-state index contributed by atoms with van der Waals surface area (Å²) in [5.74, 6) is -0.886. The molecule has 0 bridgehead atoms. The van der Waals surface area contributed by atoms with Crippen LogP contribution in [0.5, 0.6) is 11.5 Å². The van der Waals surface area contributed by atoms with Gasteiger partial charge in [-0.3, -0.25) is 14.4 Å². The molecule has 0 aliphatic heterocycles. The summed E-state index contributed by atoms with van der Waals surface area (Å²) >= 11 is 0. The summed E-state index contributed by atoms with van der Waals surface area (Å²) in [6.07, 6.45) is 5.70. The topological polar surface area (TPSA) is 282 Å². The number of unbranched alkanes of at least 4 members (excludes halogenated alkanes) is 1. The quantitative estimate of drug-likeness (QED) is 0.0196. The lowest BCUT2D eigenvalue weighted by molar-refractivity contribution is -0.157. The molecule has 2 saturated carbocycles. The van der Waals surface area contributed by atoms with Crippen LogP contribution < -0.4 is 30.7 Å². The molecule has 82 heavy (non-hydrogen) atoms. The van der Waals surface area contributed by atoms with Crippen molar-refractivity contribution in [2.45, 2.75) is 154 Å². The zero-order valence-electron chi connectivity index (χ0n) is 48.0. The summed E-state index contributed by atoms with van der Waals surface area (Å²) in [6, 6.07) is 18.0. The van der Waals surface area contributed by atoms with Crippen LogP contribution in [0.1, 0.15) is 127 Å². The third kappa shape index (κ3) is 20.8. The van der Waals surface area contributed by atoms with E-state index in [2.05, 4.69) is 46.4 Å². The second-order valence-corrected chi connectivity index (χ2v) is 22.5. The molecule has 0 spiro atoms. The first-order valence-corrected chi connectivity index (χ1v) is 28.6. The molecule has 2 fully saturated rings. The molecule has 3 aromatic rings. The van der Waals surface area contributed by atoms with Crippen LogP contribution in [0.2, 0.25) is 0 Å². The second kappa shape index (κ2) is 32.0. The van der Waals surface area contributed by atoms with Gasteiger partial charge in [0.1, 0.15) is 61.2 Å². The number of aryl methyl sites for hydroxylation is 1. The van der Waals surface area contributed by atoms with E-state index in [1.807, 2.05) is 18.2 Å². The third-order valence-electron chi connectivity index (χ3n) is 15.3. The predicted molar refractivity (Wildman–Crippen MR) is 300 cm³/mol. The van der Waals surface area contributed by atoms with Gasteiger partial charge in [-0.25, -0.2) is 19.2 Å². The summed E-state index contributed by atoms with van der Waals surface area (Å²) in [5.41, 5.74) is 3.50. The number of nitrogens with one attached hydrogen (secondary N) is 4. The number of carbonyl (C=O) groups excluding carboxylic acids is 5. The first-order valence-electron chi connectivity index (χ1n) is 28.6. The van der Waals surface area contributed by atoms with Crippen LogP contribution in [0, 0.1) is 17.3 Å². The minimum absolute atomic E-state index is 0.0103. The van der Waals surface area contributed by atoms with E-state index in [-0.39, 0.29) is 56.5 Å². The fraction of sp³-hybridized carbons (Fsp3) is 0.590. The zero-order valence-corrected chi connectivity index (χ0v) is 48.0. The fourth-order valence-electron chi connectivity index (χ4n) is 11.4. The maximum atomic E-state index is 13.6. The average Bonchev–Trinajstić information content (AvgIpc) is 3.94. The number of carboxylic acids is 2. The number of hydrogen-bond acceptors (Lipinski definition) is 15. The van der Waals surface area contributed by atoms with E-state index >= 15 is 0 Å². The molecule has 0 saturated heterocycles. The monoisotopic (exact) mass is 1140 g/mol. The molecule has 0 heterocycles. The van der Waals surface area contributed by atoms with E-state index < -0.39 is 66.1 Å². The standard InChI is InChI=1S/C61H84N4O17/c1-40(66)81-53-24-22-49-48-20-16-43-38-45(19-21-46(43)47(48)26-27-61(49,53)5)79-36-34-77-32-30-75-29-31-76-33-35-78-44-17-14-41(15-18-44)37-52(65-59(74)80-39-42-11-7-6-8-12-42)55(69)62-28-10-9-13-51(57(72)82-60(2,3)4)64-58(73)63-50(56(70)71)23-25-54(67)68/h6-8,11-12,14-15,17-19,21,38,47-53H,9-10,13,16,20,22-37,39H2,1-5H3,(H,62,69)(H,65,74)(H,67,68)(H,70,71)(H2,63,64,73)/t47-,48-,49+,50?,51?,52?,53+,61+/m0/s1. The van der Waals surface area contributed by atoms with Gasteiger partial charge in [-0.15, -0.1) is 0 Å². The molecule has 3 aliphatic rings. The largest absolute Gasteiger partial charge is 0.491 e. The number of amides is 4. The number of benzene rings is 3. The Hall–Kier alpha value is -6.97. The number of carbonyl (C=O) groups is 7. The van der Waals surface area contributed by atoms with Crippen molar-refractivity contribution in [1.29, 1.82) is 0 Å². The molecule has 3 aromatic carbocycles. The van der Waals surface area contributed by atoms with Crippen LogP contribution in [0.15, 0.2) is 72.8 Å². The highest BCUT2D eigenvalue weighted by molar-refractivity contribution is 5.87. The average molecular weight is 1150 g/mol. The van der Waals surface area contributed by atoms with Crippen molar-refractivity contribution >= 4 is 41.9 Å². The number of fused-ring (bicyclic) bond motifs is 5. The number of urea groups is 1. The van der Waals surface area contributed by atoms with Crippen molar-refractivity contribution in [3.05, 3.63) is 95.1 Å². The van der Waals surface area contributed by atoms with Crippen LogP contribution in [0.4, 0.5) is 9.59 Å². The second-order valence-electron chi connectivity index (χ2n) is 22.5. The molecular formula is C61H84N4O17. The van der Waals surface area contributed by atoms with E-state index in [0.29, 0.717) is 82.6 Å². The molecule has 0 radical (unpaired) electrons. The Labute approximate surface area is 480 Å². The molecule has 8 atom stereocenters. The molecule has 3 aliphatic carbocycles. The lowest BCUT2D eigenvalue weighted by atomic mass is 9.55. The lowest BCUT2D eigenvalue weighted by Gasteiger charge is -2.50. The minimum atomic E-state index is -1.51. The summed E-state index contributed by atoms with van der Waals surface area (Å²) in [6.45, 7) is 12.1. The number of esters is 2. The van der Waals surface area contributed by atoms with Crippen LogP contribution in [0.25, 0.3) is 0 Å². The lowest BCUT2D eigenvalue weighted by Crippen LogP contribution is -2.52. The molecular weight excluding hydrogens is 1060 g/mol. The summed E-state index contributed by atoms with van der Waals surface area (Å²) in [7, 11) is 0. The molecule has 450 valence electrons. The van der Waals surface area contributed by atoms with Gasteiger partial charge in [-0.2, -0.15) is 0 Å². The van der Waals surface area contributed by atoms with Gasteiger partial charge in [0.2, 0.25) is 5.91 Å². The van der Waals surface area contributed by atoms with E-state index in [0.717, 1.165) is 55.4 Å². The van der Waals surface area contributed by atoms with Crippen molar-refractivity contribution in [3.63, 3.8) is 0 Å². The number of ether oxygens (including phenoxy) is 8. The normalized spacial score (nSPS) is 20.0. The van der Waals surface area contributed by atoms with Crippen molar-refractivity contribution in [1.82, 2.24) is 21.3 Å². The smallest absolute Gasteiger partial charge is 0.408 e. The number of alkyl carbamates (subject to hydrolysis) is 1. The Bertz CT molecular complexity index is 2560. The summed E-state index contributed by atoms with van der Waals surface area (Å²) in [5, 5.41) is 28.6. The molecule has 21 nitrogen and oxygen atoms in total. The van der Waals surface area contributed by atoms with Gasteiger partial charge in [0, 0.05) is 31.7 Å². The van der Waals surface area contributed by atoms with E-state index in [1.54, 1.807) is 57.2 Å². The minimum Gasteiger partial charge on any atom is -0.491 e. The maximum Gasteiger partial charge on any atom is 0.408 e. The molecule has 21 heteroatoms.